The fraction of sp³-hybridized carbons (Fsp3) is 0.571. The third-order valence-electron chi connectivity index (χ3n) is 1.40. The second-order valence-corrected chi connectivity index (χ2v) is 3.64. The number of rotatable bonds is 4. The molecule has 0 bridgehead atoms. The zero-order valence-corrected chi connectivity index (χ0v) is 8.14. The summed E-state index contributed by atoms with van der Waals surface area (Å²) in [4.78, 5) is 4.11. The van der Waals surface area contributed by atoms with Gasteiger partial charge in [-0.1, -0.05) is 11.8 Å². The third-order valence-corrected chi connectivity index (χ3v) is 2.28. The number of nitriles is 1. The van der Waals surface area contributed by atoms with Gasteiger partial charge in [0, 0.05) is 5.75 Å². The summed E-state index contributed by atoms with van der Waals surface area (Å²) in [5.74, 6) is 1.57. The highest BCUT2D eigenvalue weighted by Gasteiger charge is 2.03. The average Bonchev–Trinajstić information content (AvgIpc) is 2.51. The standard InChI is InChI=1S/C7H11N5S/c1-5-10-7(12-11-5)13-3-2-6(9)4-8/h6H,2-3,9H2,1H3,(H,10,11,12). The maximum absolute atomic E-state index is 8.41. The monoisotopic (exact) mass is 197 g/mol. The molecule has 13 heavy (non-hydrogen) atoms. The van der Waals surface area contributed by atoms with Crippen LogP contribution in [-0.2, 0) is 0 Å². The molecular formula is C7H11N5S. The lowest BCUT2D eigenvalue weighted by Gasteiger charge is -1.98. The molecule has 3 N–H and O–H groups in total. The van der Waals surface area contributed by atoms with Crippen molar-refractivity contribution in [3.63, 3.8) is 0 Å². The molecule has 1 unspecified atom stereocenters. The predicted molar refractivity (Wildman–Crippen MR) is 50.0 cm³/mol. The Bertz CT molecular complexity index is 302. The summed E-state index contributed by atoms with van der Waals surface area (Å²) >= 11 is 1.50. The van der Waals surface area contributed by atoms with Crippen LogP contribution in [0.15, 0.2) is 5.16 Å². The molecule has 0 radical (unpaired) electrons. The highest BCUT2D eigenvalue weighted by Crippen LogP contribution is 2.13. The third kappa shape index (κ3) is 3.44. The van der Waals surface area contributed by atoms with Crippen molar-refractivity contribution in [2.24, 2.45) is 5.73 Å². The van der Waals surface area contributed by atoms with E-state index in [1.54, 1.807) is 0 Å². The summed E-state index contributed by atoms with van der Waals surface area (Å²) in [6, 6.07) is 1.59. The Hall–Kier alpha value is -1.06. The molecule has 0 aliphatic carbocycles. The van der Waals surface area contributed by atoms with Gasteiger partial charge in [0.1, 0.15) is 5.82 Å². The van der Waals surface area contributed by atoms with Crippen LogP contribution >= 0.6 is 11.8 Å². The molecule has 0 aliphatic heterocycles. The molecule has 1 atom stereocenters. The molecule has 1 aromatic rings. The van der Waals surface area contributed by atoms with Crippen molar-refractivity contribution in [1.82, 2.24) is 15.2 Å². The molecule has 0 fully saturated rings. The molecule has 0 aromatic carbocycles. The van der Waals surface area contributed by atoms with Crippen LogP contribution in [0, 0.1) is 18.3 Å². The quantitative estimate of drug-likeness (QED) is 0.684. The number of aromatic nitrogens is 3. The number of nitrogens with one attached hydrogen (secondary N) is 1. The van der Waals surface area contributed by atoms with Crippen LogP contribution in [0.5, 0.6) is 0 Å². The largest absolute Gasteiger partial charge is 0.316 e. The van der Waals surface area contributed by atoms with Crippen molar-refractivity contribution in [2.45, 2.75) is 24.5 Å². The molecule has 1 rings (SSSR count). The number of aromatic amines is 1. The molecule has 0 amide bonds. The summed E-state index contributed by atoms with van der Waals surface area (Å²) in [5, 5.41) is 15.8. The first-order valence-corrected chi connectivity index (χ1v) is 4.88. The molecule has 1 heterocycles. The van der Waals surface area contributed by atoms with Gasteiger partial charge in [-0.15, -0.1) is 5.10 Å². The molecule has 6 heteroatoms. The van der Waals surface area contributed by atoms with Crippen molar-refractivity contribution in [3.8, 4) is 6.07 Å². The second kappa shape index (κ2) is 4.84. The summed E-state index contributed by atoms with van der Waals surface area (Å²) in [6.45, 7) is 1.85. The molecule has 70 valence electrons. The smallest absolute Gasteiger partial charge is 0.208 e. The van der Waals surface area contributed by atoms with Gasteiger partial charge in [0.2, 0.25) is 5.16 Å². The highest BCUT2D eigenvalue weighted by atomic mass is 32.2. The number of H-pyrrole nitrogens is 1. The van der Waals surface area contributed by atoms with Gasteiger partial charge >= 0.3 is 0 Å². The van der Waals surface area contributed by atoms with Crippen LogP contribution in [-0.4, -0.2) is 27.0 Å². The van der Waals surface area contributed by atoms with Crippen molar-refractivity contribution in [1.29, 1.82) is 5.26 Å². The van der Waals surface area contributed by atoms with Crippen molar-refractivity contribution >= 4 is 11.8 Å². The van der Waals surface area contributed by atoms with Crippen molar-refractivity contribution in [2.75, 3.05) is 5.75 Å². The van der Waals surface area contributed by atoms with Gasteiger partial charge in [-0.25, -0.2) is 4.98 Å². The van der Waals surface area contributed by atoms with E-state index in [-0.39, 0.29) is 6.04 Å². The molecule has 5 nitrogen and oxygen atoms in total. The number of nitrogens with zero attached hydrogens (tertiary/aromatic N) is 3. The minimum absolute atomic E-state index is 0.382. The molecular weight excluding hydrogens is 186 g/mol. The topological polar surface area (TPSA) is 91.4 Å². The lowest BCUT2D eigenvalue weighted by atomic mass is 10.3. The van der Waals surface area contributed by atoms with E-state index in [0.29, 0.717) is 11.6 Å². The molecule has 0 spiro atoms. The van der Waals surface area contributed by atoms with Crippen LogP contribution < -0.4 is 5.73 Å². The Balaban J connectivity index is 2.25. The molecule has 1 aromatic heterocycles. The highest BCUT2D eigenvalue weighted by molar-refractivity contribution is 7.99. The van der Waals surface area contributed by atoms with Crippen LogP contribution in [0.3, 0.4) is 0 Å². The van der Waals surface area contributed by atoms with Gasteiger partial charge in [0.15, 0.2) is 0 Å². The lowest BCUT2D eigenvalue weighted by Crippen LogP contribution is -2.17. The van der Waals surface area contributed by atoms with Gasteiger partial charge in [-0.2, -0.15) is 5.26 Å². The normalized spacial score (nSPS) is 12.4. The molecule has 0 aliphatic rings. The number of thioether (sulfide) groups is 1. The van der Waals surface area contributed by atoms with Crippen molar-refractivity contribution < 1.29 is 0 Å². The van der Waals surface area contributed by atoms with Crippen molar-refractivity contribution in [3.05, 3.63) is 5.82 Å². The lowest BCUT2D eigenvalue weighted by molar-refractivity contribution is 0.801. The zero-order valence-electron chi connectivity index (χ0n) is 7.32. The minimum atomic E-state index is -0.382. The predicted octanol–water partition coefficient (Wildman–Crippen LogP) is 0.446. The number of hydrogen-bond donors (Lipinski definition) is 2. The number of nitrogens with two attached hydrogens (primary N) is 1. The van der Waals surface area contributed by atoms with Crippen LogP contribution in [0.25, 0.3) is 0 Å². The van der Waals surface area contributed by atoms with E-state index in [0.717, 1.165) is 11.6 Å². The summed E-state index contributed by atoms with van der Waals surface area (Å²) in [7, 11) is 0. The average molecular weight is 197 g/mol. The van der Waals surface area contributed by atoms with Crippen LogP contribution in [0.1, 0.15) is 12.2 Å². The fourth-order valence-electron chi connectivity index (χ4n) is 0.728. The van der Waals surface area contributed by atoms with E-state index in [9.17, 15) is 0 Å². The van der Waals surface area contributed by atoms with E-state index < -0.39 is 0 Å². The van der Waals surface area contributed by atoms with E-state index in [1.807, 2.05) is 13.0 Å². The Kier molecular flexibility index (Phi) is 3.73. The first-order valence-electron chi connectivity index (χ1n) is 3.89. The van der Waals surface area contributed by atoms with Gasteiger partial charge in [0.05, 0.1) is 12.1 Å². The van der Waals surface area contributed by atoms with E-state index >= 15 is 0 Å². The van der Waals surface area contributed by atoms with E-state index in [4.69, 9.17) is 11.0 Å². The second-order valence-electron chi connectivity index (χ2n) is 2.58. The van der Waals surface area contributed by atoms with Gasteiger partial charge in [0.25, 0.3) is 0 Å². The SMILES string of the molecule is Cc1nc(SCCC(N)C#N)n[nH]1. The molecule has 0 saturated carbocycles. The molecule has 0 saturated heterocycles. The fourth-order valence-corrected chi connectivity index (χ4v) is 1.59. The van der Waals surface area contributed by atoms with Gasteiger partial charge in [-0.3, -0.25) is 5.10 Å². The Labute approximate surface area is 80.7 Å². The summed E-state index contributed by atoms with van der Waals surface area (Å²) < 4.78 is 0. The Morgan fingerprint density at radius 1 is 1.77 bits per heavy atom. The minimum Gasteiger partial charge on any atom is -0.316 e. The summed E-state index contributed by atoms with van der Waals surface area (Å²) in [6.07, 6.45) is 0.661. The van der Waals surface area contributed by atoms with Crippen LogP contribution in [0.4, 0.5) is 0 Å². The van der Waals surface area contributed by atoms with Gasteiger partial charge in [-0.05, 0) is 13.3 Å². The Morgan fingerprint density at radius 2 is 2.54 bits per heavy atom. The zero-order chi connectivity index (χ0) is 9.68. The maximum Gasteiger partial charge on any atom is 0.208 e. The first kappa shape index (κ1) is 10.0. The van der Waals surface area contributed by atoms with E-state index in [2.05, 4.69) is 15.2 Å². The number of hydrogen-bond acceptors (Lipinski definition) is 5. The number of aryl methyl sites for hydroxylation is 1. The summed E-state index contributed by atoms with van der Waals surface area (Å²) in [5.41, 5.74) is 5.42. The van der Waals surface area contributed by atoms with Gasteiger partial charge < -0.3 is 5.73 Å². The first-order chi connectivity index (χ1) is 6.22. The van der Waals surface area contributed by atoms with Crippen LogP contribution in [0.2, 0.25) is 0 Å². The van der Waals surface area contributed by atoms with E-state index in [1.165, 1.54) is 11.8 Å². The Morgan fingerprint density at radius 3 is 3.08 bits per heavy atom. The maximum atomic E-state index is 8.41.